The zero-order valence-corrected chi connectivity index (χ0v) is 16.2. The van der Waals surface area contributed by atoms with Crippen LogP contribution in [0.1, 0.15) is 49.0 Å². The smallest absolute Gasteiger partial charge is 0.230 e. The van der Waals surface area contributed by atoms with Crippen molar-refractivity contribution in [3.8, 4) is 11.6 Å². The Labute approximate surface area is 157 Å². The van der Waals surface area contributed by atoms with Gasteiger partial charge in [0.2, 0.25) is 10.8 Å². The van der Waals surface area contributed by atoms with Crippen LogP contribution in [0, 0.1) is 6.92 Å². The summed E-state index contributed by atoms with van der Waals surface area (Å²) < 4.78 is 7.63. The Balaban J connectivity index is 1.85. The van der Waals surface area contributed by atoms with Crippen molar-refractivity contribution in [2.75, 3.05) is 13.1 Å². The van der Waals surface area contributed by atoms with Gasteiger partial charge in [0, 0.05) is 5.56 Å². The lowest BCUT2D eigenvalue weighted by atomic mass is 10.0. The molecule has 0 amide bonds. The summed E-state index contributed by atoms with van der Waals surface area (Å²) in [5.41, 5.74) is 1.08. The van der Waals surface area contributed by atoms with Gasteiger partial charge in [0.15, 0.2) is 0 Å². The molecule has 1 fully saturated rings. The first-order valence-corrected chi connectivity index (χ1v) is 9.91. The summed E-state index contributed by atoms with van der Waals surface area (Å²) in [5.74, 6) is 1.72. The number of hydrogen-bond acceptors (Lipinski definition) is 6. The fourth-order valence-corrected chi connectivity index (χ4v) is 4.75. The highest BCUT2D eigenvalue weighted by Gasteiger charge is 2.32. The molecular formula is C19H24N4O2S. The number of para-hydroxylation sites is 1. The Morgan fingerprint density at radius 3 is 2.62 bits per heavy atom. The predicted octanol–water partition coefficient (Wildman–Crippen LogP) is 3.78. The number of rotatable bonds is 5. The summed E-state index contributed by atoms with van der Waals surface area (Å²) in [5, 5.41) is 15.2. The Morgan fingerprint density at radius 1 is 1.19 bits per heavy atom. The van der Waals surface area contributed by atoms with E-state index in [4.69, 9.17) is 4.74 Å². The summed E-state index contributed by atoms with van der Waals surface area (Å²) in [6.45, 7) is 7.91. The molecule has 138 valence electrons. The van der Waals surface area contributed by atoms with E-state index in [2.05, 4.69) is 21.0 Å². The standard InChI is InChI=1S/C19H24N4O2S/c1-12(2)25-15-9-5-4-8-14(15)16(22-10-6-7-11-22)17-18(24)23-19(26-17)20-13(3)21-23/h4-5,8-9,12,16,24H,6-7,10-11H2,1-3H3. The molecule has 1 unspecified atom stereocenters. The van der Waals surface area contributed by atoms with E-state index >= 15 is 0 Å². The molecule has 7 heteroatoms. The zero-order valence-electron chi connectivity index (χ0n) is 15.3. The van der Waals surface area contributed by atoms with Crippen molar-refractivity contribution < 1.29 is 9.84 Å². The lowest BCUT2D eigenvalue weighted by Crippen LogP contribution is -2.27. The molecule has 1 N–H and O–H groups in total. The summed E-state index contributed by atoms with van der Waals surface area (Å²) >= 11 is 1.50. The van der Waals surface area contributed by atoms with Crippen LogP contribution >= 0.6 is 11.3 Å². The maximum Gasteiger partial charge on any atom is 0.230 e. The van der Waals surface area contributed by atoms with Crippen molar-refractivity contribution in [3.63, 3.8) is 0 Å². The van der Waals surface area contributed by atoms with Gasteiger partial charge in [0.1, 0.15) is 11.6 Å². The fraction of sp³-hybridized carbons (Fsp3) is 0.474. The van der Waals surface area contributed by atoms with E-state index in [0.717, 1.165) is 34.2 Å². The monoisotopic (exact) mass is 372 g/mol. The summed E-state index contributed by atoms with van der Waals surface area (Å²) in [7, 11) is 0. The summed E-state index contributed by atoms with van der Waals surface area (Å²) in [4.78, 5) is 8.45. The van der Waals surface area contributed by atoms with Crippen LogP contribution in [0.15, 0.2) is 24.3 Å². The average molecular weight is 372 g/mol. The second-order valence-corrected chi connectivity index (χ2v) is 8.00. The molecule has 2 aromatic heterocycles. The van der Waals surface area contributed by atoms with Crippen LogP contribution in [0.5, 0.6) is 11.6 Å². The van der Waals surface area contributed by atoms with Crippen LogP contribution in [0.3, 0.4) is 0 Å². The number of ether oxygens (including phenoxy) is 1. The second kappa shape index (κ2) is 6.89. The normalized spacial score (nSPS) is 16.6. The van der Waals surface area contributed by atoms with E-state index in [-0.39, 0.29) is 18.0 Å². The zero-order chi connectivity index (χ0) is 18.3. The number of hydrogen-bond donors (Lipinski definition) is 1. The minimum atomic E-state index is -0.0544. The van der Waals surface area contributed by atoms with E-state index < -0.39 is 0 Å². The third-order valence-electron chi connectivity index (χ3n) is 4.64. The molecule has 0 spiro atoms. The van der Waals surface area contributed by atoms with Crippen LogP contribution in [-0.4, -0.2) is 43.8 Å². The van der Waals surface area contributed by atoms with Crippen molar-refractivity contribution in [1.29, 1.82) is 0 Å². The number of fused-ring (bicyclic) bond motifs is 1. The van der Waals surface area contributed by atoms with Gasteiger partial charge in [-0.3, -0.25) is 4.90 Å². The number of likely N-dealkylation sites (tertiary alicyclic amines) is 1. The van der Waals surface area contributed by atoms with Gasteiger partial charge >= 0.3 is 0 Å². The lowest BCUT2D eigenvalue weighted by Gasteiger charge is -2.29. The fourth-order valence-electron chi connectivity index (χ4n) is 3.60. The Kier molecular flexibility index (Phi) is 4.58. The number of aromatic hydroxyl groups is 1. The molecule has 1 aromatic carbocycles. The third kappa shape index (κ3) is 3.05. The Hall–Kier alpha value is -2.12. The molecule has 6 nitrogen and oxygen atoms in total. The summed E-state index contributed by atoms with van der Waals surface area (Å²) in [6, 6.07) is 8.08. The largest absolute Gasteiger partial charge is 0.492 e. The molecule has 1 atom stereocenters. The first-order chi connectivity index (χ1) is 12.5. The van der Waals surface area contributed by atoms with Crippen LogP contribution < -0.4 is 4.74 Å². The lowest BCUT2D eigenvalue weighted by molar-refractivity contribution is 0.225. The molecule has 3 aromatic rings. The van der Waals surface area contributed by atoms with Gasteiger partial charge in [-0.2, -0.15) is 4.52 Å². The number of benzene rings is 1. The van der Waals surface area contributed by atoms with Gasteiger partial charge in [-0.05, 0) is 52.8 Å². The molecule has 4 rings (SSSR count). The molecule has 0 saturated carbocycles. The van der Waals surface area contributed by atoms with Gasteiger partial charge in [0.25, 0.3) is 0 Å². The third-order valence-corrected chi connectivity index (χ3v) is 5.71. The van der Waals surface area contributed by atoms with Gasteiger partial charge in [-0.1, -0.05) is 29.5 Å². The topological polar surface area (TPSA) is 62.9 Å². The van der Waals surface area contributed by atoms with Gasteiger partial charge in [0.05, 0.1) is 17.0 Å². The first-order valence-electron chi connectivity index (χ1n) is 9.09. The van der Waals surface area contributed by atoms with Crippen LogP contribution in [-0.2, 0) is 0 Å². The molecule has 3 heterocycles. The van der Waals surface area contributed by atoms with Gasteiger partial charge < -0.3 is 9.84 Å². The predicted molar refractivity (Wildman–Crippen MR) is 102 cm³/mol. The van der Waals surface area contributed by atoms with E-state index in [1.807, 2.05) is 39.0 Å². The van der Waals surface area contributed by atoms with E-state index in [1.165, 1.54) is 24.2 Å². The maximum atomic E-state index is 10.9. The van der Waals surface area contributed by atoms with E-state index in [0.29, 0.717) is 5.82 Å². The molecule has 0 bridgehead atoms. The van der Waals surface area contributed by atoms with Crippen molar-refractivity contribution in [3.05, 3.63) is 40.5 Å². The highest BCUT2D eigenvalue weighted by molar-refractivity contribution is 7.17. The number of nitrogens with zero attached hydrogens (tertiary/aromatic N) is 4. The quantitative estimate of drug-likeness (QED) is 0.738. The average Bonchev–Trinajstić information content (AvgIpc) is 3.29. The summed E-state index contributed by atoms with van der Waals surface area (Å²) in [6.07, 6.45) is 2.43. The molecule has 0 radical (unpaired) electrons. The minimum Gasteiger partial charge on any atom is -0.492 e. The molecule has 0 aliphatic carbocycles. The van der Waals surface area contributed by atoms with Crippen molar-refractivity contribution in [2.45, 2.75) is 45.8 Å². The van der Waals surface area contributed by atoms with E-state index in [1.54, 1.807) is 4.52 Å². The molecule has 1 aliphatic rings. The van der Waals surface area contributed by atoms with Crippen molar-refractivity contribution in [2.24, 2.45) is 0 Å². The molecule has 1 saturated heterocycles. The second-order valence-electron chi connectivity index (χ2n) is 6.99. The molecule has 26 heavy (non-hydrogen) atoms. The number of aryl methyl sites for hydroxylation is 1. The van der Waals surface area contributed by atoms with E-state index in [9.17, 15) is 5.11 Å². The van der Waals surface area contributed by atoms with Crippen molar-refractivity contribution >= 4 is 16.3 Å². The minimum absolute atomic E-state index is 0.0544. The molecular weight excluding hydrogens is 348 g/mol. The highest BCUT2D eigenvalue weighted by atomic mass is 32.1. The van der Waals surface area contributed by atoms with Crippen LogP contribution in [0.2, 0.25) is 0 Å². The van der Waals surface area contributed by atoms with Gasteiger partial charge in [-0.25, -0.2) is 4.98 Å². The number of thiazole rings is 1. The highest BCUT2D eigenvalue weighted by Crippen LogP contribution is 2.43. The molecule has 1 aliphatic heterocycles. The Bertz CT molecular complexity index is 912. The Morgan fingerprint density at radius 2 is 1.92 bits per heavy atom. The SMILES string of the molecule is Cc1nc2sc(C(c3ccccc3OC(C)C)N3CCCC3)c(O)n2n1. The van der Waals surface area contributed by atoms with Crippen LogP contribution in [0.4, 0.5) is 0 Å². The first kappa shape index (κ1) is 17.3. The van der Waals surface area contributed by atoms with Crippen LogP contribution in [0.25, 0.3) is 4.96 Å². The maximum absolute atomic E-state index is 10.9. The van der Waals surface area contributed by atoms with Crippen molar-refractivity contribution in [1.82, 2.24) is 19.5 Å². The number of aromatic nitrogens is 3. The van der Waals surface area contributed by atoms with Gasteiger partial charge in [-0.15, -0.1) is 5.10 Å².